The van der Waals surface area contributed by atoms with Crippen molar-refractivity contribution in [3.05, 3.63) is 59.7 Å². The summed E-state index contributed by atoms with van der Waals surface area (Å²) in [4.78, 5) is 17.1. The van der Waals surface area contributed by atoms with Crippen molar-refractivity contribution in [2.75, 3.05) is 19.6 Å². The van der Waals surface area contributed by atoms with E-state index in [1.165, 1.54) is 0 Å². The van der Waals surface area contributed by atoms with Crippen LogP contribution in [0.4, 0.5) is 0 Å². The summed E-state index contributed by atoms with van der Waals surface area (Å²) in [6, 6.07) is 15.8. The van der Waals surface area contributed by atoms with Gasteiger partial charge in [-0.05, 0) is 25.0 Å². The molecule has 0 spiro atoms. The maximum absolute atomic E-state index is 13.0. The number of nitrogens with zero attached hydrogens (tertiary/aromatic N) is 2. The van der Waals surface area contributed by atoms with Crippen molar-refractivity contribution in [2.45, 2.75) is 32.0 Å². The number of carbonyl (C=O) groups excluding carboxylic acids is 1. The standard InChI is InChI=1S/C21H24N2O3/c24-18-9-11-22(12-10-18)15-21(25)23-13-16-5-1-3-7-19(16)26-20-8-4-2-6-17(20)14-23/h1-8,18,24H,9-15H2. The highest BCUT2D eigenvalue weighted by atomic mass is 16.5. The number of benzene rings is 2. The van der Waals surface area contributed by atoms with Crippen LogP contribution < -0.4 is 4.74 Å². The second-order valence-electron chi connectivity index (χ2n) is 7.07. The average Bonchev–Trinajstić information content (AvgIpc) is 2.64. The molecule has 0 atom stereocenters. The third kappa shape index (κ3) is 3.74. The van der Waals surface area contributed by atoms with E-state index in [9.17, 15) is 9.90 Å². The van der Waals surface area contributed by atoms with Gasteiger partial charge in [0.2, 0.25) is 5.91 Å². The molecule has 0 unspecified atom stereocenters. The number of ether oxygens (including phenoxy) is 1. The Bertz CT molecular complexity index is 737. The molecule has 0 saturated carbocycles. The van der Waals surface area contributed by atoms with Gasteiger partial charge in [0.1, 0.15) is 11.5 Å². The molecule has 0 bridgehead atoms. The van der Waals surface area contributed by atoms with Gasteiger partial charge in [0, 0.05) is 37.3 Å². The molecule has 1 N–H and O–H groups in total. The first-order chi connectivity index (χ1) is 12.7. The molecule has 2 aromatic rings. The Morgan fingerprint density at radius 1 is 0.962 bits per heavy atom. The molecule has 0 aromatic heterocycles. The Morgan fingerprint density at radius 3 is 2.08 bits per heavy atom. The number of carbonyl (C=O) groups is 1. The molecule has 2 aliphatic rings. The first-order valence-corrected chi connectivity index (χ1v) is 9.21. The van der Waals surface area contributed by atoms with Crippen LogP contribution in [0.3, 0.4) is 0 Å². The van der Waals surface area contributed by atoms with Crippen LogP contribution in [0.5, 0.6) is 11.5 Å². The highest BCUT2D eigenvalue weighted by molar-refractivity contribution is 5.78. The predicted octanol–water partition coefficient (Wildman–Crippen LogP) is 2.78. The second kappa shape index (κ2) is 7.48. The molecule has 2 aromatic carbocycles. The smallest absolute Gasteiger partial charge is 0.237 e. The Balaban J connectivity index is 1.56. The van der Waals surface area contributed by atoms with Crippen molar-refractivity contribution in [1.82, 2.24) is 9.80 Å². The van der Waals surface area contributed by atoms with E-state index in [-0.39, 0.29) is 12.0 Å². The lowest BCUT2D eigenvalue weighted by Gasteiger charge is -2.32. The minimum atomic E-state index is -0.223. The maximum Gasteiger partial charge on any atom is 0.237 e. The Kier molecular flexibility index (Phi) is 4.91. The topological polar surface area (TPSA) is 53.0 Å². The van der Waals surface area contributed by atoms with Gasteiger partial charge in [-0.3, -0.25) is 9.69 Å². The number of amides is 1. The van der Waals surface area contributed by atoms with Crippen LogP contribution in [-0.2, 0) is 17.9 Å². The number of piperidine rings is 1. The van der Waals surface area contributed by atoms with E-state index in [0.29, 0.717) is 19.6 Å². The number of rotatable bonds is 2. The fraction of sp³-hybridized carbons (Fsp3) is 0.381. The minimum absolute atomic E-state index is 0.118. The Labute approximate surface area is 153 Å². The summed E-state index contributed by atoms with van der Waals surface area (Å²) < 4.78 is 6.10. The Morgan fingerprint density at radius 2 is 1.50 bits per heavy atom. The summed E-state index contributed by atoms with van der Waals surface area (Å²) in [6.45, 7) is 3.03. The number of aliphatic hydroxyl groups is 1. The molecule has 0 aliphatic carbocycles. The van der Waals surface area contributed by atoms with E-state index in [0.717, 1.165) is 48.6 Å². The predicted molar refractivity (Wildman–Crippen MR) is 98.9 cm³/mol. The largest absolute Gasteiger partial charge is 0.457 e. The van der Waals surface area contributed by atoms with Gasteiger partial charge in [-0.2, -0.15) is 0 Å². The normalized spacial score (nSPS) is 18.3. The third-order valence-electron chi connectivity index (χ3n) is 5.16. The van der Waals surface area contributed by atoms with Crippen molar-refractivity contribution in [1.29, 1.82) is 0 Å². The first kappa shape index (κ1) is 17.1. The molecule has 2 heterocycles. The van der Waals surface area contributed by atoms with Crippen LogP contribution in [0.15, 0.2) is 48.5 Å². The number of para-hydroxylation sites is 2. The molecule has 5 nitrogen and oxygen atoms in total. The molecule has 1 amide bonds. The van der Waals surface area contributed by atoms with Gasteiger partial charge in [0.05, 0.1) is 12.6 Å². The SMILES string of the molecule is O=C(CN1CCC(O)CC1)N1Cc2ccccc2Oc2ccccc2C1. The van der Waals surface area contributed by atoms with E-state index in [4.69, 9.17) is 4.74 Å². The van der Waals surface area contributed by atoms with Crippen molar-refractivity contribution in [3.8, 4) is 11.5 Å². The van der Waals surface area contributed by atoms with Crippen molar-refractivity contribution in [3.63, 3.8) is 0 Å². The summed E-state index contributed by atoms with van der Waals surface area (Å²) in [6.07, 6.45) is 1.26. The molecule has 136 valence electrons. The van der Waals surface area contributed by atoms with E-state index in [1.54, 1.807) is 0 Å². The van der Waals surface area contributed by atoms with E-state index >= 15 is 0 Å². The fourth-order valence-corrected chi connectivity index (χ4v) is 3.60. The van der Waals surface area contributed by atoms with Gasteiger partial charge >= 0.3 is 0 Å². The fourth-order valence-electron chi connectivity index (χ4n) is 3.60. The first-order valence-electron chi connectivity index (χ1n) is 9.21. The van der Waals surface area contributed by atoms with Gasteiger partial charge in [-0.25, -0.2) is 0 Å². The maximum atomic E-state index is 13.0. The lowest BCUT2D eigenvalue weighted by atomic mass is 10.1. The molecule has 26 heavy (non-hydrogen) atoms. The summed E-state index contributed by atoms with van der Waals surface area (Å²) in [7, 11) is 0. The monoisotopic (exact) mass is 352 g/mol. The summed E-state index contributed by atoms with van der Waals surface area (Å²) in [5.41, 5.74) is 2.04. The number of hydrogen-bond donors (Lipinski definition) is 1. The third-order valence-corrected chi connectivity index (χ3v) is 5.16. The zero-order valence-electron chi connectivity index (χ0n) is 14.8. The second-order valence-corrected chi connectivity index (χ2v) is 7.07. The van der Waals surface area contributed by atoms with Crippen LogP contribution in [0.2, 0.25) is 0 Å². The number of fused-ring (bicyclic) bond motifs is 2. The highest BCUT2D eigenvalue weighted by Gasteiger charge is 2.25. The Hall–Kier alpha value is -2.37. The number of aliphatic hydroxyl groups excluding tert-OH is 1. The van der Waals surface area contributed by atoms with Gasteiger partial charge in [0.15, 0.2) is 0 Å². The average molecular weight is 352 g/mol. The lowest BCUT2D eigenvalue weighted by molar-refractivity contribution is -0.134. The minimum Gasteiger partial charge on any atom is -0.457 e. The number of hydrogen-bond acceptors (Lipinski definition) is 4. The molecule has 5 heteroatoms. The summed E-state index contributed by atoms with van der Waals surface area (Å²) in [5.74, 6) is 1.73. The zero-order valence-corrected chi connectivity index (χ0v) is 14.8. The lowest BCUT2D eigenvalue weighted by Crippen LogP contribution is -2.44. The molecular formula is C21H24N2O3. The van der Waals surface area contributed by atoms with Crippen LogP contribution in [0.1, 0.15) is 24.0 Å². The summed E-state index contributed by atoms with van der Waals surface area (Å²) in [5, 5.41) is 9.66. The quantitative estimate of drug-likeness (QED) is 0.903. The summed E-state index contributed by atoms with van der Waals surface area (Å²) >= 11 is 0. The highest BCUT2D eigenvalue weighted by Crippen LogP contribution is 2.32. The zero-order chi connectivity index (χ0) is 17.9. The van der Waals surface area contributed by atoms with Crippen molar-refractivity contribution >= 4 is 5.91 Å². The van der Waals surface area contributed by atoms with E-state index < -0.39 is 0 Å². The van der Waals surface area contributed by atoms with Gasteiger partial charge in [-0.15, -0.1) is 0 Å². The van der Waals surface area contributed by atoms with Crippen LogP contribution in [0, 0.1) is 0 Å². The van der Waals surface area contributed by atoms with Crippen LogP contribution in [0.25, 0.3) is 0 Å². The van der Waals surface area contributed by atoms with Crippen LogP contribution >= 0.6 is 0 Å². The van der Waals surface area contributed by atoms with Gasteiger partial charge in [-0.1, -0.05) is 36.4 Å². The molecule has 1 saturated heterocycles. The van der Waals surface area contributed by atoms with Crippen molar-refractivity contribution in [2.24, 2.45) is 0 Å². The molecule has 0 radical (unpaired) electrons. The molecular weight excluding hydrogens is 328 g/mol. The van der Waals surface area contributed by atoms with Gasteiger partial charge < -0.3 is 14.7 Å². The van der Waals surface area contributed by atoms with Gasteiger partial charge in [0.25, 0.3) is 0 Å². The van der Waals surface area contributed by atoms with E-state index in [1.807, 2.05) is 53.4 Å². The van der Waals surface area contributed by atoms with Crippen LogP contribution in [-0.4, -0.2) is 46.6 Å². The van der Waals surface area contributed by atoms with Crippen molar-refractivity contribution < 1.29 is 14.6 Å². The van der Waals surface area contributed by atoms with E-state index in [2.05, 4.69) is 4.90 Å². The number of likely N-dealkylation sites (tertiary alicyclic amines) is 1. The molecule has 1 fully saturated rings. The molecule has 2 aliphatic heterocycles. The molecule has 4 rings (SSSR count).